The molecule has 1 aromatic carbocycles. The maximum absolute atomic E-state index is 12.9. The second-order valence-electron chi connectivity index (χ2n) is 6.77. The van der Waals surface area contributed by atoms with Crippen molar-refractivity contribution in [3.8, 4) is 10.6 Å². The van der Waals surface area contributed by atoms with Gasteiger partial charge in [0.1, 0.15) is 5.69 Å². The topological polar surface area (TPSA) is 49.3 Å². The summed E-state index contributed by atoms with van der Waals surface area (Å²) in [5.41, 5.74) is 1.82. The van der Waals surface area contributed by atoms with Crippen LogP contribution in [0.1, 0.15) is 12.8 Å². The van der Waals surface area contributed by atoms with Crippen LogP contribution in [0.15, 0.2) is 60.0 Å². The van der Waals surface area contributed by atoms with E-state index in [1.807, 2.05) is 67.0 Å². The molecule has 1 unspecified atom stereocenters. The second-order valence-corrected chi connectivity index (χ2v) is 7.72. The van der Waals surface area contributed by atoms with Crippen LogP contribution in [0.5, 0.6) is 0 Å². The van der Waals surface area contributed by atoms with Gasteiger partial charge in [0, 0.05) is 25.8 Å². The first kappa shape index (κ1) is 17.7. The maximum atomic E-state index is 12.9. The molecular weight excluding hydrogens is 356 g/mol. The highest BCUT2D eigenvalue weighted by atomic mass is 32.1. The van der Waals surface area contributed by atoms with Crippen LogP contribution in [-0.2, 0) is 4.79 Å². The number of benzene rings is 1. The molecule has 3 heterocycles. The van der Waals surface area contributed by atoms with E-state index in [0.29, 0.717) is 6.54 Å². The highest BCUT2D eigenvalue weighted by molar-refractivity contribution is 7.13. The number of anilines is 2. The van der Waals surface area contributed by atoms with Crippen LogP contribution in [0.25, 0.3) is 10.6 Å². The van der Waals surface area contributed by atoms with Crippen LogP contribution in [-0.4, -0.2) is 36.2 Å². The van der Waals surface area contributed by atoms with Gasteiger partial charge in [0.2, 0.25) is 5.91 Å². The van der Waals surface area contributed by atoms with E-state index in [-0.39, 0.29) is 11.8 Å². The van der Waals surface area contributed by atoms with Crippen molar-refractivity contribution in [2.75, 3.05) is 29.9 Å². The zero-order valence-electron chi connectivity index (χ0n) is 15.3. The first-order valence-corrected chi connectivity index (χ1v) is 10.1. The first-order valence-electron chi connectivity index (χ1n) is 9.17. The number of para-hydroxylation sites is 1. The molecule has 0 radical (unpaired) electrons. The van der Waals surface area contributed by atoms with E-state index in [4.69, 9.17) is 0 Å². The van der Waals surface area contributed by atoms with Crippen LogP contribution < -0.4 is 9.80 Å². The Labute approximate surface area is 163 Å². The molecule has 1 aliphatic rings. The highest BCUT2D eigenvalue weighted by Gasteiger charge is 2.29. The average molecular weight is 379 g/mol. The van der Waals surface area contributed by atoms with Gasteiger partial charge in [-0.05, 0) is 48.6 Å². The minimum atomic E-state index is -0.0253. The smallest absolute Gasteiger partial charge is 0.231 e. The van der Waals surface area contributed by atoms with Crippen molar-refractivity contribution in [2.45, 2.75) is 12.8 Å². The molecule has 1 atom stereocenters. The number of nitrogens with zero attached hydrogens (tertiary/aromatic N) is 4. The molecule has 3 aromatic rings. The average Bonchev–Trinajstić information content (AvgIpc) is 3.28. The molecule has 27 heavy (non-hydrogen) atoms. The quantitative estimate of drug-likeness (QED) is 0.686. The normalized spacial score (nSPS) is 16.9. The number of carbonyl (C=O) groups is 1. The SMILES string of the molecule is CN(C(=O)C1CCCN(c2ccc(-c3cccs3)nn2)C1)c1ccccc1. The molecule has 1 fully saturated rings. The molecule has 138 valence electrons. The zero-order chi connectivity index (χ0) is 18.6. The van der Waals surface area contributed by atoms with Gasteiger partial charge in [-0.2, -0.15) is 0 Å². The van der Waals surface area contributed by atoms with Crippen molar-refractivity contribution in [3.05, 3.63) is 60.0 Å². The number of hydrogen-bond acceptors (Lipinski definition) is 5. The summed E-state index contributed by atoms with van der Waals surface area (Å²) in [6.45, 7) is 1.59. The monoisotopic (exact) mass is 378 g/mol. The second kappa shape index (κ2) is 7.88. The van der Waals surface area contributed by atoms with Crippen LogP contribution in [0.3, 0.4) is 0 Å². The van der Waals surface area contributed by atoms with Gasteiger partial charge >= 0.3 is 0 Å². The maximum Gasteiger partial charge on any atom is 0.231 e. The molecule has 0 aliphatic carbocycles. The Morgan fingerprint density at radius 2 is 1.96 bits per heavy atom. The van der Waals surface area contributed by atoms with Crippen LogP contribution in [0, 0.1) is 5.92 Å². The number of amides is 1. The largest absolute Gasteiger partial charge is 0.354 e. The summed E-state index contributed by atoms with van der Waals surface area (Å²) in [6.07, 6.45) is 1.89. The first-order chi connectivity index (χ1) is 13.2. The highest BCUT2D eigenvalue weighted by Crippen LogP contribution is 2.27. The van der Waals surface area contributed by atoms with Gasteiger partial charge in [0.05, 0.1) is 10.8 Å². The zero-order valence-corrected chi connectivity index (χ0v) is 16.1. The van der Waals surface area contributed by atoms with E-state index >= 15 is 0 Å². The Kier molecular flexibility index (Phi) is 5.16. The number of rotatable bonds is 4. The molecule has 6 heteroatoms. The molecule has 0 spiro atoms. The summed E-state index contributed by atoms with van der Waals surface area (Å²) < 4.78 is 0. The fraction of sp³-hybridized carbons (Fsp3) is 0.286. The van der Waals surface area contributed by atoms with Crippen molar-refractivity contribution in [2.24, 2.45) is 5.92 Å². The van der Waals surface area contributed by atoms with Crippen LogP contribution in [0.4, 0.5) is 11.5 Å². The van der Waals surface area contributed by atoms with Gasteiger partial charge in [0.25, 0.3) is 0 Å². The van der Waals surface area contributed by atoms with E-state index in [1.54, 1.807) is 16.2 Å². The lowest BCUT2D eigenvalue weighted by Gasteiger charge is -2.34. The molecule has 0 N–H and O–H groups in total. The fourth-order valence-electron chi connectivity index (χ4n) is 3.49. The van der Waals surface area contributed by atoms with Gasteiger partial charge in [0.15, 0.2) is 5.82 Å². The Bertz CT molecular complexity index is 880. The predicted molar refractivity (Wildman–Crippen MR) is 110 cm³/mol. The summed E-state index contributed by atoms with van der Waals surface area (Å²) >= 11 is 1.66. The van der Waals surface area contributed by atoms with Gasteiger partial charge < -0.3 is 9.80 Å². The standard InChI is InChI=1S/C21H22N4OS/c1-24(17-8-3-2-4-9-17)21(26)16-7-5-13-25(15-16)20-12-11-18(22-23-20)19-10-6-14-27-19/h2-4,6,8-12,14,16H,5,7,13,15H2,1H3. The minimum absolute atomic E-state index is 0.0253. The number of aromatic nitrogens is 2. The number of carbonyl (C=O) groups excluding carboxylic acids is 1. The van der Waals surface area contributed by atoms with Crippen molar-refractivity contribution in [1.82, 2.24) is 10.2 Å². The lowest BCUT2D eigenvalue weighted by atomic mass is 9.96. The molecule has 4 rings (SSSR count). The summed E-state index contributed by atoms with van der Waals surface area (Å²) in [5.74, 6) is 0.979. The number of piperidine rings is 1. The van der Waals surface area contributed by atoms with Gasteiger partial charge in [-0.25, -0.2) is 0 Å². The number of hydrogen-bond donors (Lipinski definition) is 0. The van der Waals surface area contributed by atoms with Crippen molar-refractivity contribution in [1.29, 1.82) is 0 Å². The van der Waals surface area contributed by atoms with Gasteiger partial charge in [-0.15, -0.1) is 21.5 Å². The van der Waals surface area contributed by atoms with Crippen LogP contribution in [0.2, 0.25) is 0 Å². The lowest BCUT2D eigenvalue weighted by molar-refractivity contribution is -0.122. The molecular formula is C21H22N4OS. The van der Waals surface area contributed by atoms with E-state index < -0.39 is 0 Å². The summed E-state index contributed by atoms with van der Waals surface area (Å²) in [7, 11) is 1.85. The Balaban J connectivity index is 1.45. The van der Waals surface area contributed by atoms with E-state index in [2.05, 4.69) is 15.1 Å². The van der Waals surface area contributed by atoms with Gasteiger partial charge in [-0.3, -0.25) is 4.79 Å². The molecule has 2 aromatic heterocycles. The van der Waals surface area contributed by atoms with Crippen LogP contribution >= 0.6 is 11.3 Å². The minimum Gasteiger partial charge on any atom is -0.354 e. The van der Waals surface area contributed by atoms with E-state index in [1.165, 1.54) is 0 Å². The molecule has 1 amide bonds. The van der Waals surface area contributed by atoms with Crippen molar-refractivity contribution >= 4 is 28.7 Å². The molecule has 1 saturated heterocycles. The fourth-order valence-corrected chi connectivity index (χ4v) is 4.18. The third-order valence-electron chi connectivity index (χ3n) is 4.99. The van der Waals surface area contributed by atoms with Gasteiger partial charge in [-0.1, -0.05) is 24.3 Å². The third-order valence-corrected chi connectivity index (χ3v) is 5.89. The van der Waals surface area contributed by atoms with Crippen molar-refractivity contribution < 1.29 is 4.79 Å². The molecule has 0 bridgehead atoms. The Hall–Kier alpha value is -2.73. The Morgan fingerprint density at radius 3 is 2.67 bits per heavy atom. The summed E-state index contributed by atoms with van der Waals surface area (Å²) in [5, 5.41) is 10.8. The predicted octanol–water partition coefficient (Wildman–Crippen LogP) is 4.08. The Morgan fingerprint density at radius 1 is 1.11 bits per heavy atom. The molecule has 0 saturated carbocycles. The lowest BCUT2D eigenvalue weighted by Crippen LogP contribution is -2.44. The summed E-state index contributed by atoms with van der Waals surface area (Å²) in [6, 6.07) is 17.9. The molecule has 1 aliphatic heterocycles. The van der Waals surface area contributed by atoms with E-state index in [9.17, 15) is 4.79 Å². The number of thiophene rings is 1. The van der Waals surface area contributed by atoms with Crippen molar-refractivity contribution in [3.63, 3.8) is 0 Å². The van der Waals surface area contributed by atoms with E-state index in [0.717, 1.165) is 41.5 Å². The molecule has 5 nitrogen and oxygen atoms in total. The summed E-state index contributed by atoms with van der Waals surface area (Å²) in [4.78, 5) is 18.0. The third kappa shape index (κ3) is 3.85.